The maximum Gasteiger partial charge on any atom is 0.404 e. The molecule has 1 amide bonds. The van der Waals surface area contributed by atoms with Crippen LogP contribution < -0.4 is 5.32 Å². The lowest BCUT2D eigenvalue weighted by Gasteiger charge is -2.04. The van der Waals surface area contributed by atoms with E-state index >= 15 is 0 Å². The summed E-state index contributed by atoms with van der Waals surface area (Å²) in [7, 11) is 0. The molecular formula is C11H13NO2S. The number of rotatable bonds is 3. The van der Waals surface area contributed by atoms with E-state index in [4.69, 9.17) is 5.11 Å². The van der Waals surface area contributed by atoms with Crippen molar-refractivity contribution >= 4 is 17.9 Å². The Morgan fingerprint density at radius 2 is 2.40 bits per heavy atom. The Morgan fingerprint density at radius 1 is 1.53 bits per heavy atom. The van der Waals surface area contributed by atoms with E-state index in [1.54, 1.807) is 0 Å². The van der Waals surface area contributed by atoms with E-state index in [1.165, 1.54) is 21.8 Å². The molecule has 1 aliphatic rings. The van der Waals surface area contributed by atoms with Gasteiger partial charge in [0.05, 0.1) is 0 Å². The normalized spacial score (nSPS) is 13.6. The Hall–Kier alpha value is -1.16. The zero-order chi connectivity index (χ0) is 10.7. The van der Waals surface area contributed by atoms with Crippen molar-refractivity contribution in [1.29, 1.82) is 0 Å². The molecule has 0 atom stereocenters. The molecule has 1 heterocycles. The van der Waals surface area contributed by atoms with Gasteiger partial charge in [-0.1, -0.05) is 12.1 Å². The van der Waals surface area contributed by atoms with Gasteiger partial charge in [-0.25, -0.2) is 4.79 Å². The molecular weight excluding hydrogens is 210 g/mol. The van der Waals surface area contributed by atoms with Crippen LogP contribution in [0.1, 0.15) is 11.1 Å². The van der Waals surface area contributed by atoms with Gasteiger partial charge in [0.1, 0.15) is 0 Å². The number of thioether (sulfide) groups is 1. The molecule has 0 radical (unpaired) electrons. The summed E-state index contributed by atoms with van der Waals surface area (Å²) >= 11 is 1.90. The van der Waals surface area contributed by atoms with Crippen LogP contribution in [0.2, 0.25) is 0 Å². The van der Waals surface area contributed by atoms with Crippen molar-refractivity contribution in [1.82, 2.24) is 5.32 Å². The van der Waals surface area contributed by atoms with Crippen molar-refractivity contribution in [2.75, 3.05) is 12.3 Å². The van der Waals surface area contributed by atoms with E-state index < -0.39 is 6.09 Å². The summed E-state index contributed by atoms with van der Waals surface area (Å²) in [6.07, 6.45) is 0.955. The summed E-state index contributed by atoms with van der Waals surface area (Å²) in [5.41, 5.74) is 2.62. The van der Waals surface area contributed by atoms with Gasteiger partial charge in [-0.2, -0.15) is 0 Å². The van der Waals surface area contributed by atoms with Gasteiger partial charge in [0, 0.05) is 17.2 Å². The van der Waals surface area contributed by atoms with Crippen LogP contribution in [-0.2, 0) is 12.8 Å². The molecule has 1 aromatic rings. The maximum absolute atomic E-state index is 10.3. The summed E-state index contributed by atoms with van der Waals surface area (Å²) < 4.78 is 0. The highest BCUT2D eigenvalue weighted by Gasteiger charge is 2.11. The van der Waals surface area contributed by atoms with Crippen molar-refractivity contribution in [3.8, 4) is 0 Å². The molecule has 1 aliphatic heterocycles. The van der Waals surface area contributed by atoms with Gasteiger partial charge in [-0.3, -0.25) is 0 Å². The van der Waals surface area contributed by atoms with Gasteiger partial charge in [-0.15, -0.1) is 11.8 Å². The highest BCUT2D eigenvalue weighted by Crippen LogP contribution is 2.31. The van der Waals surface area contributed by atoms with Crippen molar-refractivity contribution < 1.29 is 9.90 Å². The molecule has 4 heteroatoms. The first-order valence-electron chi connectivity index (χ1n) is 4.97. The quantitative estimate of drug-likeness (QED) is 0.825. The predicted octanol–water partition coefficient (Wildman–Crippen LogP) is 2.14. The van der Waals surface area contributed by atoms with Gasteiger partial charge < -0.3 is 10.4 Å². The standard InChI is InChI=1S/C11H13NO2S/c13-11(14)12-5-3-8-1-2-10-9(7-8)4-6-15-10/h1-2,7,12H,3-6H2,(H,13,14). The second-order valence-corrected chi connectivity index (χ2v) is 4.66. The third-order valence-electron chi connectivity index (χ3n) is 2.44. The minimum atomic E-state index is -0.952. The smallest absolute Gasteiger partial charge is 0.404 e. The van der Waals surface area contributed by atoms with Crippen LogP contribution in [-0.4, -0.2) is 23.5 Å². The summed E-state index contributed by atoms with van der Waals surface area (Å²) in [5.74, 6) is 1.17. The van der Waals surface area contributed by atoms with Crippen LogP contribution in [0.4, 0.5) is 4.79 Å². The summed E-state index contributed by atoms with van der Waals surface area (Å²) in [5, 5.41) is 10.8. The zero-order valence-electron chi connectivity index (χ0n) is 8.32. The number of hydrogen-bond acceptors (Lipinski definition) is 2. The van der Waals surface area contributed by atoms with Crippen molar-refractivity contribution in [2.24, 2.45) is 0 Å². The number of fused-ring (bicyclic) bond motifs is 1. The Bertz CT molecular complexity index is 379. The molecule has 0 saturated heterocycles. The molecule has 1 aromatic carbocycles. The molecule has 2 N–H and O–H groups in total. The fourth-order valence-electron chi connectivity index (χ4n) is 1.71. The molecule has 0 saturated carbocycles. The third kappa shape index (κ3) is 2.65. The van der Waals surface area contributed by atoms with Crippen LogP contribution in [0.15, 0.2) is 23.1 Å². The SMILES string of the molecule is O=C(O)NCCc1ccc2c(c1)CCS2. The summed E-state index contributed by atoms with van der Waals surface area (Å²) in [4.78, 5) is 11.6. The number of carboxylic acid groups (broad SMARTS) is 1. The Labute approximate surface area is 92.9 Å². The third-order valence-corrected chi connectivity index (χ3v) is 3.56. The van der Waals surface area contributed by atoms with Gasteiger partial charge in [0.15, 0.2) is 0 Å². The molecule has 2 rings (SSSR count). The van der Waals surface area contributed by atoms with Crippen molar-refractivity contribution in [2.45, 2.75) is 17.7 Å². The van der Waals surface area contributed by atoms with Gasteiger partial charge in [0.25, 0.3) is 0 Å². The molecule has 0 aromatic heterocycles. The lowest BCUT2D eigenvalue weighted by molar-refractivity contribution is 0.194. The van der Waals surface area contributed by atoms with Gasteiger partial charge in [0.2, 0.25) is 0 Å². The van der Waals surface area contributed by atoms with Crippen molar-refractivity contribution in [3.05, 3.63) is 29.3 Å². The number of aryl methyl sites for hydroxylation is 1. The van der Waals surface area contributed by atoms with Gasteiger partial charge >= 0.3 is 6.09 Å². The number of carbonyl (C=O) groups is 1. The Kier molecular flexibility index (Phi) is 3.16. The first kappa shape index (κ1) is 10.4. The molecule has 15 heavy (non-hydrogen) atoms. The second-order valence-electron chi connectivity index (χ2n) is 3.52. The molecule has 0 spiro atoms. The minimum absolute atomic E-state index is 0.487. The first-order chi connectivity index (χ1) is 7.25. The number of nitrogens with one attached hydrogen (secondary N) is 1. The topological polar surface area (TPSA) is 49.3 Å². The van der Waals surface area contributed by atoms with E-state index in [1.807, 2.05) is 11.8 Å². The van der Waals surface area contributed by atoms with E-state index in [0.29, 0.717) is 6.54 Å². The Morgan fingerprint density at radius 3 is 3.20 bits per heavy atom. The molecule has 0 fully saturated rings. The average Bonchev–Trinajstić information content (AvgIpc) is 2.64. The predicted molar refractivity (Wildman–Crippen MR) is 60.6 cm³/mol. The van der Waals surface area contributed by atoms with Crippen molar-refractivity contribution in [3.63, 3.8) is 0 Å². The number of benzene rings is 1. The average molecular weight is 223 g/mol. The van der Waals surface area contributed by atoms with Crippen LogP contribution in [0, 0.1) is 0 Å². The Balaban J connectivity index is 1.95. The number of amides is 1. The fourth-order valence-corrected chi connectivity index (χ4v) is 2.76. The van der Waals surface area contributed by atoms with E-state index in [2.05, 4.69) is 23.5 Å². The van der Waals surface area contributed by atoms with Crippen LogP contribution in [0.25, 0.3) is 0 Å². The zero-order valence-corrected chi connectivity index (χ0v) is 9.14. The molecule has 0 aliphatic carbocycles. The van der Waals surface area contributed by atoms with Crippen LogP contribution in [0.5, 0.6) is 0 Å². The largest absolute Gasteiger partial charge is 0.465 e. The van der Waals surface area contributed by atoms with Crippen LogP contribution in [0.3, 0.4) is 0 Å². The van der Waals surface area contributed by atoms with E-state index in [-0.39, 0.29) is 0 Å². The fraction of sp³-hybridized carbons (Fsp3) is 0.364. The molecule has 3 nitrogen and oxygen atoms in total. The molecule has 0 bridgehead atoms. The monoisotopic (exact) mass is 223 g/mol. The van der Waals surface area contributed by atoms with Crippen LogP contribution >= 0.6 is 11.8 Å². The highest BCUT2D eigenvalue weighted by molar-refractivity contribution is 7.99. The molecule has 0 unspecified atom stereocenters. The number of hydrogen-bond donors (Lipinski definition) is 2. The highest BCUT2D eigenvalue weighted by atomic mass is 32.2. The van der Waals surface area contributed by atoms with E-state index in [0.717, 1.165) is 12.8 Å². The molecule has 80 valence electrons. The lowest BCUT2D eigenvalue weighted by atomic mass is 10.1. The van der Waals surface area contributed by atoms with Gasteiger partial charge in [-0.05, 0) is 30.0 Å². The minimum Gasteiger partial charge on any atom is -0.465 e. The second kappa shape index (κ2) is 4.57. The maximum atomic E-state index is 10.3. The lowest BCUT2D eigenvalue weighted by Crippen LogP contribution is -2.23. The first-order valence-corrected chi connectivity index (χ1v) is 5.95. The van der Waals surface area contributed by atoms with E-state index in [9.17, 15) is 4.79 Å². The summed E-state index contributed by atoms with van der Waals surface area (Å²) in [6.45, 7) is 0.487. The summed E-state index contributed by atoms with van der Waals surface area (Å²) in [6, 6.07) is 6.42.